The number of carbonyl (C=O) groups is 1. The molecule has 2 unspecified atom stereocenters. The van der Waals surface area contributed by atoms with E-state index in [4.69, 9.17) is 10.5 Å². The highest BCUT2D eigenvalue weighted by Gasteiger charge is 2.41. The predicted molar refractivity (Wildman–Crippen MR) is 95.3 cm³/mol. The zero-order valence-electron chi connectivity index (χ0n) is 13.8. The molecule has 6 nitrogen and oxygen atoms in total. The van der Waals surface area contributed by atoms with Crippen molar-refractivity contribution in [2.45, 2.75) is 68.7 Å². The lowest BCUT2D eigenvalue weighted by molar-refractivity contribution is -0.137. The molecule has 0 amide bonds. The van der Waals surface area contributed by atoms with Crippen LogP contribution in [0.15, 0.2) is 0 Å². The summed E-state index contributed by atoms with van der Waals surface area (Å²) in [6, 6.07) is 0.914. The number of aliphatic carboxylic acids is 1. The third kappa shape index (κ3) is 6.59. The van der Waals surface area contributed by atoms with Crippen LogP contribution < -0.4 is 16.0 Å². The Bertz CT molecular complexity index is 394. The van der Waals surface area contributed by atoms with Crippen molar-refractivity contribution in [3.8, 4) is 0 Å². The maximum absolute atomic E-state index is 10.4. The molecule has 0 aromatic rings. The Morgan fingerprint density at radius 2 is 1.91 bits per heavy atom. The molecular weight excluding hydrogens is 312 g/mol. The normalized spacial score (nSPS) is 25.9. The number of hydrogen-bond acceptors (Lipinski definition) is 4. The van der Waals surface area contributed by atoms with Crippen LogP contribution in [0.4, 0.5) is 0 Å². The molecule has 3 atom stereocenters. The van der Waals surface area contributed by atoms with Crippen LogP contribution in [-0.2, 0) is 4.79 Å². The van der Waals surface area contributed by atoms with E-state index in [0.717, 1.165) is 38.1 Å². The number of carboxylic acids is 1. The van der Waals surface area contributed by atoms with Gasteiger partial charge in [0.2, 0.25) is 0 Å². The molecule has 0 saturated carbocycles. The second-order valence-corrected chi connectivity index (χ2v) is 7.74. The summed E-state index contributed by atoms with van der Waals surface area (Å²) in [5, 5.41) is 26.7. The molecule has 0 spiro atoms. The van der Waals surface area contributed by atoms with Gasteiger partial charge in [0.25, 0.3) is 0 Å². The van der Waals surface area contributed by atoms with Crippen LogP contribution in [0.25, 0.3) is 0 Å². The minimum absolute atomic E-state index is 0.297. The first-order valence-corrected chi connectivity index (χ1v) is 9.87. The zero-order valence-corrected chi connectivity index (χ0v) is 14.6. The van der Waals surface area contributed by atoms with Gasteiger partial charge in [-0.1, -0.05) is 19.3 Å². The van der Waals surface area contributed by atoms with Crippen LogP contribution >= 0.6 is 11.8 Å². The van der Waals surface area contributed by atoms with Crippen molar-refractivity contribution in [3.63, 3.8) is 0 Å². The van der Waals surface area contributed by atoms with Crippen LogP contribution in [-0.4, -0.2) is 53.2 Å². The second-order valence-electron chi connectivity index (χ2n) is 6.47. The van der Waals surface area contributed by atoms with Crippen LogP contribution in [0.1, 0.15) is 51.4 Å². The standard InChI is InChI=1S/C16H30N4O2S/c17-16-19-12-11-23-13(15(12)20-16)7-3-1-5-9-18-10-6-2-4-8-14(21)22/h12-13,15,18H,1-11H2,(H,21,22)(H3,17,19,20)/t12-,13?,15?/m0/s1. The van der Waals surface area contributed by atoms with E-state index >= 15 is 0 Å². The number of guanidine groups is 1. The smallest absolute Gasteiger partial charge is 0.303 e. The number of unbranched alkanes of at least 4 members (excludes halogenated alkanes) is 4. The number of nitrogens with one attached hydrogen (secondary N) is 4. The van der Waals surface area contributed by atoms with Crippen molar-refractivity contribution in [1.82, 2.24) is 16.0 Å². The highest BCUT2D eigenvalue weighted by atomic mass is 32.2. The fourth-order valence-electron chi connectivity index (χ4n) is 3.28. The van der Waals surface area contributed by atoms with Crippen LogP contribution in [0.3, 0.4) is 0 Å². The number of thioether (sulfide) groups is 1. The second kappa shape index (κ2) is 10.0. The lowest BCUT2D eigenvalue weighted by Gasteiger charge is -2.16. The molecule has 7 heteroatoms. The molecule has 2 aliphatic rings. The van der Waals surface area contributed by atoms with E-state index in [0.29, 0.717) is 29.7 Å². The minimum atomic E-state index is -0.690. The quantitative estimate of drug-likeness (QED) is 0.347. The third-order valence-electron chi connectivity index (χ3n) is 4.55. The average Bonchev–Trinajstić information content (AvgIpc) is 3.04. The number of hydrogen-bond donors (Lipinski definition) is 5. The minimum Gasteiger partial charge on any atom is -0.481 e. The highest BCUT2D eigenvalue weighted by Crippen LogP contribution is 2.32. The molecule has 2 saturated heterocycles. The summed E-state index contributed by atoms with van der Waals surface area (Å²) < 4.78 is 0. The molecule has 23 heavy (non-hydrogen) atoms. The molecule has 2 heterocycles. The van der Waals surface area contributed by atoms with Crippen LogP contribution in [0.5, 0.6) is 0 Å². The van der Waals surface area contributed by atoms with Gasteiger partial charge in [-0.15, -0.1) is 0 Å². The van der Waals surface area contributed by atoms with Gasteiger partial charge in [-0.2, -0.15) is 11.8 Å². The van der Waals surface area contributed by atoms with E-state index in [1.165, 1.54) is 25.7 Å². The van der Waals surface area contributed by atoms with Gasteiger partial charge >= 0.3 is 5.97 Å². The van der Waals surface area contributed by atoms with Crippen molar-refractivity contribution in [2.75, 3.05) is 18.8 Å². The van der Waals surface area contributed by atoms with Crippen LogP contribution in [0.2, 0.25) is 0 Å². The van der Waals surface area contributed by atoms with Crippen LogP contribution in [0, 0.1) is 5.41 Å². The van der Waals surface area contributed by atoms with Crippen molar-refractivity contribution in [1.29, 1.82) is 5.41 Å². The Morgan fingerprint density at radius 1 is 1.17 bits per heavy atom. The van der Waals surface area contributed by atoms with Gasteiger partial charge in [-0.3, -0.25) is 10.2 Å². The fraction of sp³-hybridized carbons (Fsp3) is 0.875. The summed E-state index contributed by atoms with van der Waals surface area (Å²) in [5.41, 5.74) is 0. The maximum atomic E-state index is 10.4. The fourth-order valence-corrected chi connectivity index (χ4v) is 4.82. The van der Waals surface area contributed by atoms with Gasteiger partial charge in [-0.05, 0) is 38.8 Å². The van der Waals surface area contributed by atoms with Crippen molar-refractivity contribution in [2.24, 2.45) is 0 Å². The van der Waals surface area contributed by atoms with Crippen molar-refractivity contribution >= 4 is 23.7 Å². The molecule has 2 fully saturated rings. The first-order valence-electron chi connectivity index (χ1n) is 8.82. The maximum Gasteiger partial charge on any atom is 0.303 e. The molecule has 2 rings (SSSR count). The summed E-state index contributed by atoms with van der Waals surface area (Å²) in [7, 11) is 0. The lowest BCUT2D eigenvalue weighted by Crippen LogP contribution is -2.36. The Hall–Kier alpha value is -0.950. The van der Waals surface area contributed by atoms with E-state index in [1.807, 2.05) is 11.8 Å². The van der Waals surface area contributed by atoms with Gasteiger partial charge in [0.05, 0.1) is 12.1 Å². The summed E-state index contributed by atoms with van der Waals surface area (Å²) in [6.07, 6.45) is 8.12. The van der Waals surface area contributed by atoms with Gasteiger partial charge in [0.15, 0.2) is 5.96 Å². The molecule has 5 N–H and O–H groups in total. The Kier molecular flexibility index (Phi) is 8.02. The van der Waals surface area contributed by atoms with Gasteiger partial charge in [0.1, 0.15) is 0 Å². The Morgan fingerprint density at radius 3 is 2.65 bits per heavy atom. The SMILES string of the molecule is N=C1NC2C(CCCCCNCCCCCC(=O)O)SC[C@@H]2N1. The topological polar surface area (TPSA) is 97.2 Å². The Balaban J connectivity index is 1.37. The van der Waals surface area contributed by atoms with Gasteiger partial charge in [-0.25, -0.2) is 0 Å². The van der Waals surface area contributed by atoms with Crippen molar-refractivity contribution < 1.29 is 9.90 Å². The van der Waals surface area contributed by atoms with E-state index in [1.54, 1.807) is 0 Å². The Labute approximate surface area is 143 Å². The molecule has 2 aliphatic heterocycles. The molecule has 0 aromatic heterocycles. The summed E-state index contributed by atoms with van der Waals surface area (Å²) >= 11 is 2.04. The molecule has 0 aliphatic carbocycles. The average molecular weight is 343 g/mol. The number of fused-ring (bicyclic) bond motifs is 1. The molecule has 132 valence electrons. The van der Waals surface area contributed by atoms with Gasteiger partial charge < -0.3 is 21.1 Å². The predicted octanol–water partition coefficient (Wildman–Crippen LogP) is 1.76. The zero-order chi connectivity index (χ0) is 16.5. The van der Waals surface area contributed by atoms with E-state index in [-0.39, 0.29) is 0 Å². The van der Waals surface area contributed by atoms with Gasteiger partial charge in [0, 0.05) is 17.4 Å². The summed E-state index contributed by atoms with van der Waals surface area (Å²) in [5.74, 6) is 0.928. The number of carboxylic acid groups (broad SMARTS) is 1. The first kappa shape index (κ1) is 18.4. The van der Waals surface area contributed by atoms with Crippen molar-refractivity contribution in [3.05, 3.63) is 0 Å². The summed E-state index contributed by atoms with van der Waals surface area (Å²) in [4.78, 5) is 10.4. The highest BCUT2D eigenvalue weighted by molar-refractivity contribution is 8.00. The summed E-state index contributed by atoms with van der Waals surface area (Å²) in [6.45, 7) is 2.06. The first-order chi connectivity index (χ1) is 11.2. The largest absolute Gasteiger partial charge is 0.481 e. The monoisotopic (exact) mass is 342 g/mol. The third-order valence-corrected chi connectivity index (χ3v) is 6.06. The van der Waals surface area contributed by atoms with E-state index in [9.17, 15) is 4.79 Å². The van der Waals surface area contributed by atoms with E-state index < -0.39 is 5.97 Å². The molecule has 0 bridgehead atoms. The number of rotatable bonds is 12. The van der Waals surface area contributed by atoms with E-state index in [2.05, 4.69) is 16.0 Å². The molecule has 0 radical (unpaired) electrons. The molecular formula is C16H30N4O2S. The lowest BCUT2D eigenvalue weighted by atomic mass is 10.0. The molecule has 0 aromatic carbocycles.